The van der Waals surface area contributed by atoms with Crippen LogP contribution < -0.4 is 0 Å². The zero-order valence-corrected chi connectivity index (χ0v) is 40.0. The van der Waals surface area contributed by atoms with E-state index in [2.05, 4.69) is 0 Å². The maximum absolute atomic E-state index is 14.5. The molecule has 0 saturated carbocycles. The molecule has 0 aliphatic carbocycles. The predicted octanol–water partition coefficient (Wildman–Crippen LogP) is 3.72. The fourth-order valence-electron chi connectivity index (χ4n) is 9.71. The highest BCUT2D eigenvalue weighted by molar-refractivity contribution is 5.81. The number of carbonyl (C=O) groups is 3. The largest absolute Gasteiger partial charge is 0.459 e. The second-order valence-electron chi connectivity index (χ2n) is 19.0. The molecule has 18 atom stereocenters. The van der Waals surface area contributed by atoms with Gasteiger partial charge in [0.05, 0.1) is 48.6 Å². The van der Waals surface area contributed by atoms with Gasteiger partial charge in [-0.15, -0.1) is 0 Å². The second-order valence-corrected chi connectivity index (χ2v) is 19.0. The summed E-state index contributed by atoms with van der Waals surface area (Å²) >= 11 is 0. The van der Waals surface area contributed by atoms with Gasteiger partial charge < -0.3 is 58.1 Å². The summed E-state index contributed by atoms with van der Waals surface area (Å²) in [6, 6.07) is -0.300. The van der Waals surface area contributed by atoms with E-state index in [0.29, 0.717) is 19.5 Å². The molecule has 16 nitrogen and oxygen atoms in total. The van der Waals surface area contributed by atoms with E-state index < -0.39 is 108 Å². The zero-order valence-electron chi connectivity index (χ0n) is 40.0. The number of rotatable bonds is 13. The Morgan fingerprint density at radius 2 is 1.46 bits per heavy atom. The molecule has 61 heavy (non-hydrogen) atoms. The number of carbonyl (C=O) groups excluding carboxylic acids is 3. The lowest BCUT2D eigenvalue weighted by Crippen LogP contribution is -2.61. The molecule has 0 amide bonds. The summed E-state index contributed by atoms with van der Waals surface area (Å²) in [7, 11) is 6.83. The molecule has 0 aromatic carbocycles. The lowest BCUT2D eigenvalue weighted by molar-refractivity contribution is -0.320. The van der Waals surface area contributed by atoms with Crippen molar-refractivity contribution in [2.45, 2.75) is 199 Å². The van der Waals surface area contributed by atoms with E-state index in [0.717, 1.165) is 0 Å². The van der Waals surface area contributed by atoms with E-state index in [1.54, 1.807) is 34.6 Å². The highest BCUT2D eigenvalue weighted by Gasteiger charge is 2.54. The number of likely N-dealkylation sites (N-methyl/N-ethyl adjacent to an activating group) is 2. The van der Waals surface area contributed by atoms with Gasteiger partial charge in [0.1, 0.15) is 29.2 Å². The topological polar surface area (TPSA) is 192 Å². The van der Waals surface area contributed by atoms with Gasteiger partial charge in [0.15, 0.2) is 18.7 Å². The number of Topliss-reactive ketones (excluding diaryl/α,β-unsaturated/α-hetero) is 1. The molecule has 0 aromatic rings. The Labute approximate surface area is 365 Å². The van der Waals surface area contributed by atoms with Crippen LogP contribution in [0.25, 0.3) is 0 Å². The Morgan fingerprint density at radius 1 is 0.869 bits per heavy atom. The Morgan fingerprint density at radius 3 is 2.00 bits per heavy atom. The quantitative estimate of drug-likeness (QED) is 0.227. The molecule has 0 bridgehead atoms. The van der Waals surface area contributed by atoms with Gasteiger partial charge in [-0.25, -0.2) is 0 Å². The van der Waals surface area contributed by atoms with Gasteiger partial charge >= 0.3 is 11.9 Å². The highest BCUT2D eigenvalue weighted by Crippen LogP contribution is 2.42. The van der Waals surface area contributed by atoms with Gasteiger partial charge in [-0.1, -0.05) is 41.5 Å². The SMILES string of the molecule is CC[C@H]1OC(=O)[C@H](C)[C@@H](O[C@H]2C[C@@](C)(OC)C(OC(=O)CN(CC)CC)[C@H](C)O2)[C@H](C)[C@@H](O[C@@H]2O[C@H](C)C[C@H](N(C)C)[C@H]2O)[C@](C)(OC)C[C@@H](C)C(=O)C[C@H](C)[C@@H](O)[C@]1(C)O. The monoisotopic (exact) mass is 875 g/mol. The van der Waals surface area contributed by atoms with Gasteiger partial charge in [-0.3, -0.25) is 19.3 Å². The number of nitrogens with zero attached hydrogens (tertiary/aromatic N) is 2. The van der Waals surface area contributed by atoms with Crippen LogP contribution in [0.3, 0.4) is 0 Å². The van der Waals surface area contributed by atoms with Gasteiger partial charge in [0.25, 0.3) is 0 Å². The molecule has 3 aliphatic rings. The standard InChI is InChI=1S/C45H82N2O14/c1-17-33-45(12,53)38(51)25(4)20-32(48)26(5)22-43(10,54-15)39(61-42-36(50)31(46(13)14)21-27(6)56-42)28(7)37(29(8)41(52)58-33)60-35-23-44(11,55-16)40(30(9)57-35)59-34(49)24-47(18-2)19-3/h25-31,33,35-40,42,50-51,53H,17-24H2,1-16H3/t25-,26+,27+,28-,29+,30-,31-,33+,35-,36+,37-,38+,39+,40?,42-,43+,44+,45+/m0/s1. The number of hydrogen-bond acceptors (Lipinski definition) is 16. The van der Waals surface area contributed by atoms with E-state index in [4.69, 9.17) is 37.9 Å². The number of cyclic esters (lactones) is 1. The Balaban J connectivity index is 2.19. The van der Waals surface area contributed by atoms with Crippen LogP contribution >= 0.6 is 0 Å². The van der Waals surface area contributed by atoms with Crippen molar-refractivity contribution in [1.82, 2.24) is 9.80 Å². The van der Waals surface area contributed by atoms with Crippen LogP contribution in [0.2, 0.25) is 0 Å². The third-order valence-corrected chi connectivity index (χ3v) is 13.9. The summed E-state index contributed by atoms with van der Waals surface area (Å²) in [5, 5.41) is 35.0. The average Bonchev–Trinajstić information content (AvgIpc) is 3.20. The number of methoxy groups -OCH3 is 2. The average molecular weight is 875 g/mol. The first-order valence-electron chi connectivity index (χ1n) is 22.5. The van der Waals surface area contributed by atoms with Crippen molar-refractivity contribution in [2.24, 2.45) is 23.7 Å². The summed E-state index contributed by atoms with van der Waals surface area (Å²) in [6.07, 6.45) is -8.65. The van der Waals surface area contributed by atoms with Crippen molar-refractivity contribution in [1.29, 1.82) is 0 Å². The molecular weight excluding hydrogens is 792 g/mol. The minimum atomic E-state index is -1.91. The maximum Gasteiger partial charge on any atom is 0.320 e. The molecule has 3 N–H and O–H groups in total. The number of aliphatic hydroxyl groups excluding tert-OH is 2. The molecular formula is C45H82N2O14. The van der Waals surface area contributed by atoms with E-state index in [1.807, 2.05) is 65.4 Å². The van der Waals surface area contributed by atoms with Gasteiger partial charge in [-0.2, -0.15) is 0 Å². The Bertz CT molecular complexity index is 1410. The normalized spacial score (nSPS) is 43.7. The number of ketones is 1. The number of ether oxygens (including phenoxy) is 8. The molecule has 3 rings (SSSR count). The van der Waals surface area contributed by atoms with Crippen molar-refractivity contribution < 1.29 is 67.6 Å². The van der Waals surface area contributed by atoms with Crippen molar-refractivity contribution in [3.63, 3.8) is 0 Å². The molecule has 3 fully saturated rings. The summed E-state index contributed by atoms with van der Waals surface area (Å²) in [6.45, 7) is 22.9. The first-order chi connectivity index (χ1) is 28.3. The van der Waals surface area contributed by atoms with Crippen LogP contribution in [0.5, 0.6) is 0 Å². The Hall–Kier alpha value is -1.83. The van der Waals surface area contributed by atoms with E-state index in [-0.39, 0.29) is 50.2 Å². The van der Waals surface area contributed by atoms with Crippen LogP contribution in [0, 0.1) is 23.7 Å². The zero-order chi connectivity index (χ0) is 46.4. The van der Waals surface area contributed by atoms with E-state index in [1.165, 1.54) is 21.1 Å². The predicted molar refractivity (Wildman–Crippen MR) is 227 cm³/mol. The van der Waals surface area contributed by atoms with Gasteiger partial charge in [0.2, 0.25) is 0 Å². The highest BCUT2D eigenvalue weighted by atomic mass is 16.7. The molecule has 3 saturated heterocycles. The first kappa shape index (κ1) is 53.5. The maximum atomic E-state index is 14.5. The van der Waals surface area contributed by atoms with Crippen LogP contribution in [0.1, 0.15) is 115 Å². The summed E-state index contributed by atoms with van der Waals surface area (Å²) in [4.78, 5) is 45.5. The van der Waals surface area contributed by atoms with Crippen LogP contribution in [-0.4, -0.2) is 175 Å². The molecule has 16 heteroatoms. The van der Waals surface area contributed by atoms with Crippen LogP contribution in [0.15, 0.2) is 0 Å². The lowest BCUT2D eigenvalue weighted by Gasteiger charge is -2.50. The number of esters is 2. The van der Waals surface area contributed by atoms with Crippen LogP contribution in [-0.2, 0) is 52.3 Å². The van der Waals surface area contributed by atoms with E-state index in [9.17, 15) is 29.7 Å². The lowest BCUT2D eigenvalue weighted by atomic mass is 9.76. The number of aliphatic hydroxyl groups is 3. The minimum Gasteiger partial charge on any atom is -0.459 e. The molecule has 3 heterocycles. The number of hydrogen-bond donors (Lipinski definition) is 3. The van der Waals surface area contributed by atoms with Crippen molar-refractivity contribution >= 4 is 17.7 Å². The molecule has 3 aliphatic heterocycles. The smallest absolute Gasteiger partial charge is 0.320 e. The van der Waals surface area contributed by atoms with Gasteiger partial charge in [-0.05, 0) is 93.9 Å². The van der Waals surface area contributed by atoms with E-state index >= 15 is 0 Å². The van der Waals surface area contributed by atoms with Crippen molar-refractivity contribution in [2.75, 3.05) is 47.9 Å². The molecule has 1 unspecified atom stereocenters. The molecule has 0 aromatic heterocycles. The van der Waals surface area contributed by atoms with Crippen molar-refractivity contribution in [3.8, 4) is 0 Å². The van der Waals surface area contributed by atoms with Crippen molar-refractivity contribution in [3.05, 3.63) is 0 Å². The molecule has 356 valence electrons. The third kappa shape index (κ3) is 12.7. The summed E-state index contributed by atoms with van der Waals surface area (Å²) in [5.74, 6) is -4.39. The molecule has 0 radical (unpaired) electrons. The fraction of sp³-hybridized carbons (Fsp3) is 0.933. The first-order valence-corrected chi connectivity index (χ1v) is 22.5. The summed E-state index contributed by atoms with van der Waals surface area (Å²) < 4.78 is 51.1. The summed E-state index contributed by atoms with van der Waals surface area (Å²) in [5.41, 5.74) is -4.23. The Kier molecular flexibility index (Phi) is 19.6. The minimum absolute atomic E-state index is 0.0560. The molecule has 0 spiro atoms. The second kappa shape index (κ2) is 22.4. The van der Waals surface area contributed by atoms with Crippen LogP contribution in [0.4, 0.5) is 0 Å². The van der Waals surface area contributed by atoms with Gasteiger partial charge in [0, 0.05) is 44.9 Å². The third-order valence-electron chi connectivity index (χ3n) is 13.9. The fourth-order valence-corrected chi connectivity index (χ4v) is 9.71.